The predicted molar refractivity (Wildman–Crippen MR) is 110 cm³/mol. The lowest BCUT2D eigenvalue weighted by molar-refractivity contribution is -0.111. The standard InChI is InChI=1S/C21H18N4OS/c1-14-7-6-12-25-20(14)24-19(16-8-4-3-5-9-16)21(25)23-18(26)11-10-17-13-27-15(2)22-17/h3-13H,1-2H3,(H,23,26)/b11-10+. The second kappa shape index (κ2) is 7.17. The molecule has 3 heterocycles. The summed E-state index contributed by atoms with van der Waals surface area (Å²) >= 11 is 1.56. The first-order chi connectivity index (χ1) is 13.1. The van der Waals surface area contributed by atoms with Crippen LogP contribution in [-0.2, 0) is 4.79 Å². The zero-order valence-corrected chi connectivity index (χ0v) is 15.8. The van der Waals surface area contributed by atoms with Gasteiger partial charge in [0.1, 0.15) is 17.2 Å². The van der Waals surface area contributed by atoms with E-state index in [0.29, 0.717) is 5.82 Å². The van der Waals surface area contributed by atoms with Crippen molar-refractivity contribution in [3.8, 4) is 11.3 Å². The Hall–Kier alpha value is -3.25. The van der Waals surface area contributed by atoms with Crippen LogP contribution in [0.2, 0.25) is 0 Å². The molecule has 1 aromatic carbocycles. The lowest BCUT2D eigenvalue weighted by Crippen LogP contribution is -2.10. The zero-order chi connectivity index (χ0) is 18.8. The summed E-state index contributed by atoms with van der Waals surface area (Å²) in [5, 5.41) is 5.88. The molecule has 0 unspecified atom stereocenters. The van der Waals surface area contributed by atoms with E-state index in [2.05, 4.69) is 10.3 Å². The van der Waals surface area contributed by atoms with E-state index >= 15 is 0 Å². The van der Waals surface area contributed by atoms with Crippen molar-refractivity contribution in [2.75, 3.05) is 5.32 Å². The van der Waals surface area contributed by atoms with Crippen LogP contribution in [0.1, 0.15) is 16.3 Å². The van der Waals surface area contributed by atoms with Crippen LogP contribution in [0.5, 0.6) is 0 Å². The molecule has 0 bridgehead atoms. The Bertz CT molecular complexity index is 1140. The summed E-state index contributed by atoms with van der Waals surface area (Å²) in [6, 6.07) is 13.8. The van der Waals surface area contributed by atoms with E-state index in [4.69, 9.17) is 4.98 Å². The molecule has 0 atom stereocenters. The Labute approximate surface area is 161 Å². The summed E-state index contributed by atoms with van der Waals surface area (Å²) < 4.78 is 1.91. The third-order valence-corrected chi connectivity index (χ3v) is 4.97. The highest BCUT2D eigenvalue weighted by atomic mass is 32.1. The van der Waals surface area contributed by atoms with Gasteiger partial charge in [-0.2, -0.15) is 0 Å². The van der Waals surface area contributed by atoms with Crippen molar-refractivity contribution in [1.29, 1.82) is 0 Å². The number of nitrogens with zero attached hydrogens (tertiary/aromatic N) is 3. The van der Waals surface area contributed by atoms with Crippen molar-refractivity contribution in [1.82, 2.24) is 14.4 Å². The Morgan fingerprint density at radius 2 is 1.93 bits per heavy atom. The molecule has 1 amide bonds. The SMILES string of the molecule is Cc1nc(/C=C/C(=O)Nc2c(-c3ccccc3)nc3c(C)cccn23)cs1. The summed E-state index contributed by atoms with van der Waals surface area (Å²) in [5.41, 5.74) is 4.35. The number of benzene rings is 1. The molecule has 4 aromatic rings. The normalized spacial score (nSPS) is 11.3. The molecule has 0 aliphatic rings. The molecular weight excluding hydrogens is 356 g/mol. The molecule has 134 valence electrons. The summed E-state index contributed by atoms with van der Waals surface area (Å²) in [6.07, 6.45) is 5.12. The third-order valence-electron chi connectivity index (χ3n) is 4.18. The average Bonchev–Trinajstić information content (AvgIpc) is 3.26. The summed E-state index contributed by atoms with van der Waals surface area (Å²) in [7, 11) is 0. The maximum absolute atomic E-state index is 12.5. The second-order valence-electron chi connectivity index (χ2n) is 6.17. The number of nitrogens with one attached hydrogen (secondary N) is 1. The number of carbonyl (C=O) groups excluding carboxylic acids is 1. The Morgan fingerprint density at radius 3 is 2.67 bits per heavy atom. The van der Waals surface area contributed by atoms with Crippen LogP contribution in [0.4, 0.5) is 5.82 Å². The second-order valence-corrected chi connectivity index (χ2v) is 7.24. The van der Waals surface area contributed by atoms with E-state index in [9.17, 15) is 4.79 Å². The van der Waals surface area contributed by atoms with E-state index < -0.39 is 0 Å². The van der Waals surface area contributed by atoms with E-state index in [1.807, 2.05) is 72.3 Å². The number of hydrogen-bond acceptors (Lipinski definition) is 4. The van der Waals surface area contributed by atoms with Gasteiger partial charge < -0.3 is 5.32 Å². The lowest BCUT2D eigenvalue weighted by atomic mass is 10.1. The van der Waals surface area contributed by atoms with Crippen molar-refractivity contribution < 1.29 is 4.79 Å². The number of imidazole rings is 1. The largest absolute Gasteiger partial charge is 0.306 e. The topological polar surface area (TPSA) is 59.3 Å². The molecule has 0 fully saturated rings. The number of fused-ring (bicyclic) bond motifs is 1. The van der Waals surface area contributed by atoms with Crippen molar-refractivity contribution >= 4 is 34.8 Å². The molecular formula is C21H18N4OS. The van der Waals surface area contributed by atoms with Gasteiger partial charge in [-0.1, -0.05) is 36.4 Å². The molecule has 3 aromatic heterocycles. The smallest absolute Gasteiger partial charge is 0.249 e. The molecule has 0 spiro atoms. The molecule has 6 heteroatoms. The van der Waals surface area contributed by atoms with Gasteiger partial charge in [-0.3, -0.25) is 9.20 Å². The molecule has 27 heavy (non-hydrogen) atoms. The minimum absolute atomic E-state index is 0.221. The van der Waals surface area contributed by atoms with Gasteiger partial charge in [-0.25, -0.2) is 9.97 Å². The molecule has 4 rings (SSSR count). The fourth-order valence-electron chi connectivity index (χ4n) is 2.90. The van der Waals surface area contributed by atoms with Gasteiger partial charge >= 0.3 is 0 Å². The van der Waals surface area contributed by atoms with Crippen LogP contribution in [0.15, 0.2) is 60.1 Å². The van der Waals surface area contributed by atoms with Crippen molar-refractivity contribution in [3.63, 3.8) is 0 Å². The number of anilines is 1. The zero-order valence-electron chi connectivity index (χ0n) is 15.0. The predicted octanol–water partition coefficient (Wildman–Crippen LogP) is 4.73. The van der Waals surface area contributed by atoms with Gasteiger partial charge in [0.15, 0.2) is 0 Å². The van der Waals surface area contributed by atoms with Gasteiger partial charge in [-0.05, 0) is 31.6 Å². The van der Waals surface area contributed by atoms with E-state index in [0.717, 1.165) is 33.2 Å². The number of thiazole rings is 1. The number of pyridine rings is 1. The van der Waals surface area contributed by atoms with Crippen molar-refractivity contribution in [2.24, 2.45) is 0 Å². The monoisotopic (exact) mass is 374 g/mol. The Morgan fingerprint density at radius 1 is 1.11 bits per heavy atom. The van der Waals surface area contributed by atoms with E-state index in [1.54, 1.807) is 17.4 Å². The van der Waals surface area contributed by atoms with Crippen LogP contribution < -0.4 is 5.32 Å². The Kier molecular flexibility index (Phi) is 4.56. The first-order valence-corrected chi connectivity index (χ1v) is 9.44. The van der Waals surface area contributed by atoms with Gasteiger partial charge in [0.05, 0.1) is 10.7 Å². The van der Waals surface area contributed by atoms with Gasteiger partial charge in [0, 0.05) is 23.2 Å². The number of rotatable bonds is 4. The minimum Gasteiger partial charge on any atom is -0.306 e. The fourth-order valence-corrected chi connectivity index (χ4v) is 3.48. The van der Waals surface area contributed by atoms with Crippen LogP contribution >= 0.6 is 11.3 Å². The maximum Gasteiger partial charge on any atom is 0.249 e. The fraction of sp³-hybridized carbons (Fsp3) is 0.0952. The highest BCUT2D eigenvalue weighted by Crippen LogP contribution is 2.29. The van der Waals surface area contributed by atoms with Crippen LogP contribution in [-0.4, -0.2) is 20.3 Å². The number of carbonyl (C=O) groups is 1. The van der Waals surface area contributed by atoms with Gasteiger partial charge in [-0.15, -0.1) is 11.3 Å². The highest BCUT2D eigenvalue weighted by Gasteiger charge is 2.16. The van der Waals surface area contributed by atoms with Crippen LogP contribution in [0.3, 0.4) is 0 Å². The van der Waals surface area contributed by atoms with Gasteiger partial charge in [0.2, 0.25) is 5.91 Å². The average molecular weight is 374 g/mol. The molecule has 0 saturated carbocycles. The minimum atomic E-state index is -0.221. The first kappa shape index (κ1) is 17.2. The Balaban J connectivity index is 1.72. The molecule has 1 N–H and O–H groups in total. The van der Waals surface area contributed by atoms with Crippen LogP contribution in [0.25, 0.3) is 23.0 Å². The van der Waals surface area contributed by atoms with Crippen molar-refractivity contribution in [2.45, 2.75) is 13.8 Å². The molecule has 0 radical (unpaired) electrons. The first-order valence-electron chi connectivity index (χ1n) is 8.56. The van der Waals surface area contributed by atoms with E-state index in [-0.39, 0.29) is 5.91 Å². The molecule has 0 saturated heterocycles. The summed E-state index contributed by atoms with van der Waals surface area (Å²) in [5.74, 6) is 0.435. The van der Waals surface area contributed by atoms with Crippen molar-refractivity contribution in [3.05, 3.63) is 76.4 Å². The molecule has 5 nitrogen and oxygen atoms in total. The number of aryl methyl sites for hydroxylation is 2. The van der Waals surface area contributed by atoms with E-state index in [1.165, 1.54) is 6.08 Å². The highest BCUT2D eigenvalue weighted by molar-refractivity contribution is 7.09. The summed E-state index contributed by atoms with van der Waals surface area (Å²) in [6.45, 7) is 3.95. The molecule has 0 aliphatic carbocycles. The van der Waals surface area contributed by atoms with Gasteiger partial charge in [0.25, 0.3) is 0 Å². The van der Waals surface area contributed by atoms with Crippen LogP contribution in [0, 0.1) is 13.8 Å². The number of aromatic nitrogens is 3. The third kappa shape index (κ3) is 3.52. The summed E-state index contributed by atoms with van der Waals surface area (Å²) in [4.78, 5) is 21.7. The number of hydrogen-bond donors (Lipinski definition) is 1. The lowest BCUT2D eigenvalue weighted by Gasteiger charge is -2.06. The maximum atomic E-state index is 12.5. The molecule has 0 aliphatic heterocycles. The quantitative estimate of drug-likeness (QED) is 0.526. The number of amides is 1.